The number of anilines is 2. The minimum absolute atomic E-state index is 0.122. The standard InChI is InChI=1S/C11H11N3O3S/c1-6-13-14-11(18-6)12-7-3-4-8(10(15)16)9(5-7)17-2/h3-5H,1-2H3,(H,12,14)(H,15,16). The second-order valence-electron chi connectivity index (χ2n) is 3.47. The molecule has 1 aromatic heterocycles. The smallest absolute Gasteiger partial charge is 0.339 e. The van der Waals surface area contributed by atoms with Gasteiger partial charge in [-0.05, 0) is 19.1 Å². The lowest BCUT2D eigenvalue weighted by Gasteiger charge is -2.07. The van der Waals surface area contributed by atoms with Crippen LogP contribution >= 0.6 is 11.3 Å². The molecule has 1 heterocycles. The Balaban J connectivity index is 2.27. The van der Waals surface area contributed by atoms with Crippen molar-refractivity contribution < 1.29 is 14.6 Å². The predicted octanol–water partition coefficient (Wildman–Crippen LogP) is 2.30. The number of aromatic nitrogens is 2. The van der Waals surface area contributed by atoms with Crippen LogP contribution in [-0.2, 0) is 0 Å². The molecule has 6 nitrogen and oxygen atoms in total. The van der Waals surface area contributed by atoms with Gasteiger partial charge in [-0.25, -0.2) is 4.79 Å². The van der Waals surface area contributed by atoms with Gasteiger partial charge < -0.3 is 15.2 Å². The van der Waals surface area contributed by atoms with Crippen molar-refractivity contribution >= 4 is 28.1 Å². The monoisotopic (exact) mass is 265 g/mol. The van der Waals surface area contributed by atoms with E-state index in [1.165, 1.54) is 24.5 Å². The van der Waals surface area contributed by atoms with E-state index < -0.39 is 5.97 Å². The molecule has 0 aliphatic carbocycles. The van der Waals surface area contributed by atoms with Crippen molar-refractivity contribution in [3.63, 3.8) is 0 Å². The number of nitrogens with zero attached hydrogens (tertiary/aromatic N) is 2. The Labute approximate surface area is 107 Å². The van der Waals surface area contributed by atoms with E-state index in [1.54, 1.807) is 12.1 Å². The lowest BCUT2D eigenvalue weighted by molar-refractivity contribution is 0.0693. The Morgan fingerprint density at radius 3 is 2.78 bits per heavy atom. The Bertz CT molecular complexity index is 583. The molecule has 0 fully saturated rings. The number of benzene rings is 1. The van der Waals surface area contributed by atoms with Crippen molar-refractivity contribution in [1.29, 1.82) is 0 Å². The molecule has 0 bridgehead atoms. The van der Waals surface area contributed by atoms with Crippen molar-refractivity contribution in [2.75, 3.05) is 12.4 Å². The van der Waals surface area contributed by atoms with Gasteiger partial charge in [0.05, 0.1) is 7.11 Å². The summed E-state index contributed by atoms with van der Waals surface area (Å²) in [5, 5.41) is 21.3. The van der Waals surface area contributed by atoms with Crippen molar-refractivity contribution in [3.8, 4) is 5.75 Å². The zero-order valence-corrected chi connectivity index (χ0v) is 10.6. The van der Waals surface area contributed by atoms with Crippen molar-refractivity contribution in [2.45, 2.75) is 6.92 Å². The highest BCUT2D eigenvalue weighted by Gasteiger charge is 2.11. The second kappa shape index (κ2) is 5.01. The molecule has 0 saturated carbocycles. The highest BCUT2D eigenvalue weighted by atomic mass is 32.1. The van der Waals surface area contributed by atoms with Gasteiger partial charge in [0.25, 0.3) is 0 Å². The Kier molecular flexibility index (Phi) is 3.42. The van der Waals surface area contributed by atoms with Crippen LogP contribution in [0.5, 0.6) is 5.75 Å². The van der Waals surface area contributed by atoms with Gasteiger partial charge >= 0.3 is 5.97 Å². The van der Waals surface area contributed by atoms with Crippen LogP contribution < -0.4 is 10.1 Å². The summed E-state index contributed by atoms with van der Waals surface area (Å²) < 4.78 is 5.04. The summed E-state index contributed by atoms with van der Waals surface area (Å²) in [6, 6.07) is 4.75. The van der Waals surface area contributed by atoms with Crippen LogP contribution in [0.4, 0.5) is 10.8 Å². The maximum absolute atomic E-state index is 10.9. The first-order valence-electron chi connectivity index (χ1n) is 5.08. The summed E-state index contributed by atoms with van der Waals surface area (Å²) in [6.45, 7) is 1.86. The minimum Gasteiger partial charge on any atom is -0.496 e. The van der Waals surface area contributed by atoms with E-state index in [-0.39, 0.29) is 5.56 Å². The van der Waals surface area contributed by atoms with E-state index in [0.717, 1.165) is 5.01 Å². The van der Waals surface area contributed by atoms with E-state index >= 15 is 0 Å². The van der Waals surface area contributed by atoms with Gasteiger partial charge in [0, 0.05) is 11.8 Å². The molecule has 0 amide bonds. The second-order valence-corrected chi connectivity index (χ2v) is 4.65. The van der Waals surface area contributed by atoms with E-state index in [0.29, 0.717) is 16.6 Å². The van der Waals surface area contributed by atoms with Crippen LogP contribution in [0.1, 0.15) is 15.4 Å². The molecule has 0 atom stereocenters. The lowest BCUT2D eigenvalue weighted by Crippen LogP contribution is -2.01. The fourth-order valence-electron chi connectivity index (χ4n) is 1.42. The average Bonchev–Trinajstić information content (AvgIpc) is 2.74. The first-order chi connectivity index (χ1) is 8.60. The number of carboxylic acids is 1. The molecule has 18 heavy (non-hydrogen) atoms. The number of ether oxygens (including phenoxy) is 1. The third kappa shape index (κ3) is 2.57. The summed E-state index contributed by atoms with van der Waals surface area (Å²) in [4.78, 5) is 10.9. The van der Waals surface area contributed by atoms with E-state index in [4.69, 9.17) is 9.84 Å². The largest absolute Gasteiger partial charge is 0.496 e. The molecule has 0 aliphatic heterocycles. The Morgan fingerprint density at radius 1 is 1.44 bits per heavy atom. The summed E-state index contributed by atoms with van der Waals surface area (Å²) in [5.41, 5.74) is 0.824. The molecule has 94 valence electrons. The van der Waals surface area contributed by atoms with E-state index in [9.17, 15) is 4.79 Å². The third-order valence-corrected chi connectivity index (χ3v) is 2.96. The number of hydrogen-bond donors (Lipinski definition) is 2. The number of hydrogen-bond acceptors (Lipinski definition) is 6. The van der Waals surface area contributed by atoms with E-state index in [2.05, 4.69) is 15.5 Å². The molecule has 2 rings (SSSR count). The normalized spacial score (nSPS) is 10.1. The molecule has 0 saturated heterocycles. The quantitative estimate of drug-likeness (QED) is 0.882. The van der Waals surface area contributed by atoms with Crippen molar-refractivity contribution in [1.82, 2.24) is 10.2 Å². The predicted molar refractivity (Wildman–Crippen MR) is 67.9 cm³/mol. The van der Waals surface area contributed by atoms with Gasteiger partial charge in [0.1, 0.15) is 16.3 Å². The fraction of sp³-hybridized carbons (Fsp3) is 0.182. The number of carbonyl (C=O) groups is 1. The molecule has 1 aromatic carbocycles. The van der Waals surface area contributed by atoms with Crippen LogP contribution in [0.15, 0.2) is 18.2 Å². The fourth-order valence-corrected chi connectivity index (χ4v) is 2.03. The van der Waals surface area contributed by atoms with Crippen molar-refractivity contribution in [3.05, 3.63) is 28.8 Å². The van der Waals surface area contributed by atoms with Crippen LogP contribution in [0.3, 0.4) is 0 Å². The number of carboxylic acid groups (broad SMARTS) is 1. The summed E-state index contributed by atoms with van der Waals surface area (Å²) in [6.07, 6.45) is 0. The highest BCUT2D eigenvalue weighted by molar-refractivity contribution is 7.15. The van der Waals surface area contributed by atoms with Crippen molar-refractivity contribution in [2.24, 2.45) is 0 Å². The molecule has 0 radical (unpaired) electrons. The molecular weight excluding hydrogens is 254 g/mol. The minimum atomic E-state index is -1.02. The van der Waals surface area contributed by atoms with Gasteiger partial charge in [-0.15, -0.1) is 10.2 Å². The summed E-state index contributed by atoms with van der Waals surface area (Å²) in [5.74, 6) is -0.723. The van der Waals surface area contributed by atoms with Gasteiger partial charge in [0.15, 0.2) is 0 Å². The summed E-state index contributed by atoms with van der Waals surface area (Å²) >= 11 is 1.42. The van der Waals surface area contributed by atoms with Crippen LogP contribution in [0, 0.1) is 6.92 Å². The first-order valence-corrected chi connectivity index (χ1v) is 5.90. The molecule has 0 aliphatic rings. The summed E-state index contributed by atoms with van der Waals surface area (Å²) in [7, 11) is 1.43. The molecule has 0 spiro atoms. The van der Waals surface area contributed by atoms with Crippen LogP contribution in [0.25, 0.3) is 0 Å². The van der Waals surface area contributed by atoms with Gasteiger partial charge in [0.2, 0.25) is 5.13 Å². The Morgan fingerprint density at radius 2 is 2.22 bits per heavy atom. The first kappa shape index (κ1) is 12.3. The Hall–Kier alpha value is -2.15. The van der Waals surface area contributed by atoms with Gasteiger partial charge in [-0.2, -0.15) is 0 Å². The van der Waals surface area contributed by atoms with Crippen LogP contribution in [-0.4, -0.2) is 28.4 Å². The highest BCUT2D eigenvalue weighted by Crippen LogP contribution is 2.26. The number of methoxy groups -OCH3 is 1. The lowest BCUT2D eigenvalue weighted by atomic mass is 10.2. The molecule has 7 heteroatoms. The maximum Gasteiger partial charge on any atom is 0.339 e. The molecule has 2 N–H and O–H groups in total. The zero-order chi connectivity index (χ0) is 13.1. The van der Waals surface area contributed by atoms with Gasteiger partial charge in [-0.3, -0.25) is 0 Å². The van der Waals surface area contributed by atoms with Gasteiger partial charge in [-0.1, -0.05) is 11.3 Å². The number of aryl methyl sites for hydroxylation is 1. The third-order valence-electron chi connectivity index (χ3n) is 2.21. The maximum atomic E-state index is 10.9. The number of nitrogens with one attached hydrogen (secondary N) is 1. The number of aromatic carboxylic acids is 1. The zero-order valence-electron chi connectivity index (χ0n) is 9.80. The average molecular weight is 265 g/mol. The molecule has 2 aromatic rings. The SMILES string of the molecule is COc1cc(Nc2nnc(C)s2)ccc1C(=O)O. The molecular formula is C11H11N3O3S. The topological polar surface area (TPSA) is 84.3 Å². The molecule has 0 unspecified atom stereocenters. The van der Waals surface area contributed by atoms with Crippen LogP contribution in [0.2, 0.25) is 0 Å². The van der Waals surface area contributed by atoms with E-state index in [1.807, 2.05) is 6.92 Å². The number of rotatable bonds is 4.